The van der Waals surface area contributed by atoms with Crippen LogP contribution in [0.25, 0.3) is 54.5 Å². The van der Waals surface area contributed by atoms with Crippen LogP contribution in [-0.4, -0.2) is 190 Å². The lowest BCUT2D eigenvalue weighted by Gasteiger charge is -2.36. The largest absolute Gasteiger partial charge is 0.444 e. The summed E-state index contributed by atoms with van der Waals surface area (Å²) in [7, 11) is 9.58. The van der Waals surface area contributed by atoms with E-state index in [2.05, 4.69) is 107 Å². The summed E-state index contributed by atoms with van der Waals surface area (Å²) in [5.74, 6) is 11.3. The van der Waals surface area contributed by atoms with Gasteiger partial charge in [-0.1, -0.05) is 57.7 Å². The van der Waals surface area contributed by atoms with Crippen LogP contribution in [0, 0.1) is 25.6 Å². The molecule has 0 bridgehead atoms. The van der Waals surface area contributed by atoms with E-state index in [1.54, 1.807) is 93.0 Å². The molecule has 8 heterocycles. The van der Waals surface area contributed by atoms with Crippen LogP contribution in [0.15, 0.2) is 185 Å². The number of anilines is 1. The van der Waals surface area contributed by atoms with E-state index in [-0.39, 0.29) is 107 Å². The van der Waals surface area contributed by atoms with Crippen LogP contribution in [0.1, 0.15) is 277 Å². The number of amidine groups is 2. The number of hydrogen-bond donors (Lipinski definition) is 14. The van der Waals surface area contributed by atoms with Gasteiger partial charge in [-0.2, -0.15) is 0 Å². The molecule has 10 unspecified atom stereocenters. The van der Waals surface area contributed by atoms with Crippen molar-refractivity contribution in [2.24, 2.45) is 33.1 Å². The number of H-pyrrole nitrogens is 5. The normalized spacial score (nSPS) is 19.4. The van der Waals surface area contributed by atoms with Crippen molar-refractivity contribution < 1.29 is 49.0 Å². The van der Waals surface area contributed by atoms with E-state index < -0.39 is 16.8 Å². The van der Waals surface area contributed by atoms with Crippen molar-refractivity contribution in [3.63, 3.8) is 0 Å². The van der Waals surface area contributed by atoms with Crippen molar-refractivity contribution in [3.8, 4) is 0 Å². The molecule has 37 heteroatoms. The number of nitrogens with one attached hydrogen (secondary N) is 8. The highest BCUT2D eigenvalue weighted by Gasteiger charge is 2.37. The molecule has 0 saturated heterocycles. The molecule has 0 radical (unpaired) electrons. The number of amides is 3. The summed E-state index contributed by atoms with van der Waals surface area (Å²) in [5.41, 5.74) is 31.3. The van der Waals surface area contributed by atoms with Crippen molar-refractivity contribution in [2.45, 2.75) is 282 Å². The van der Waals surface area contributed by atoms with Gasteiger partial charge in [0, 0.05) is 173 Å². The number of thiophene rings is 3. The van der Waals surface area contributed by atoms with Crippen LogP contribution in [0.4, 0.5) is 42.8 Å². The van der Waals surface area contributed by atoms with Gasteiger partial charge >= 0.3 is 18.3 Å². The average molecular weight is 2190 g/mol. The highest BCUT2D eigenvalue weighted by atomic mass is 127. The average Bonchev–Trinajstić information content (AvgIpc) is 1.65. The van der Waals surface area contributed by atoms with E-state index in [0.717, 1.165) is 160 Å². The summed E-state index contributed by atoms with van der Waals surface area (Å²) in [6, 6.07) is 42.0. The van der Waals surface area contributed by atoms with E-state index in [4.69, 9.17) is 41.9 Å². The van der Waals surface area contributed by atoms with Gasteiger partial charge in [-0.05, 0) is 344 Å². The molecule has 5 aliphatic carbocycles. The van der Waals surface area contributed by atoms with E-state index in [1.165, 1.54) is 100 Å². The lowest BCUT2D eigenvalue weighted by atomic mass is 9.81. The van der Waals surface area contributed by atoms with E-state index in [1.807, 2.05) is 185 Å². The third-order valence-electron chi connectivity index (χ3n) is 26.9. The minimum Gasteiger partial charge on any atom is -0.444 e. The van der Waals surface area contributed by atoms with Crippen molar-refractivity contribution in [3.05, 3.63) is 237 Å². The minimum atomic E-state index is -0.519. The van der Waals surface area contributed by atoms with Crippen molar-refractivity contribution in [1.82, 2.24) is 50.3 Å². The molecule has 5 aromatic carbocycles. The molecule has 3 amide bonds. The Morgan fingerprint density at radius 1 is 0.466 bits per heavy atom. The number of carbonyl (C=O) groups is 3. The number of aliphatic imine (C=N–C) groups is 2. The summed E-state index contributed by atoms with van der Waals surface area (Å²) in [4.78, 5) is 93.0. The van der Waals surface area contributed by atoms with Crippen molar-refractivity contribution in [2.75, 3.05) is 53.8 Å². The maximum Gasteiger partial charge on any atom is 0.410 e. The quantitative estimate of drug-likeness (QED) is 0.00588. The lowest BCUT2D eigenvalue weighted by molar-refractivity contribution is -0.384. The third-order valence-corrected chi connectivity index (χ3v) is 30.4. The number of nitrogens with zero attached hydrogens (tertiary/aromatic N) is 7. The Hall–Kier alpha value is -11.2. The number of aliphatic hydroxyl groups excluding tert-OH is 1. The molecule has 5 fully saturated rings. The molecule has 32 nitrogen and oxygen atoms in total. The van der Waals surface area contributed by atoms with E-state index in [9.17, 15) is 34.6 Å². The summed E-state index contributed by atoms with van der Waals surface area (Å²) in [6.45, 7) is 18.9. The first kappa shape index (κ1) is 120. The molecule has 13 aromatic rings. The van der Waals surface area contributed by atoms with Crippen molar-refractivity contribution >= 4 is 188 Å². The van der Waals surface area contributed by atoms with Crippen LogP contribution in [0.2, 0.25) is 0 Å². The van der Waals surface area contributed by atoms with Gasteiger partial charge in [0.25, 0.3) is 11.4 Å². The predicted molar refractivity (Wildman–Crippen MR) is 615 cm³/mol. The van der Waals surface area contributed by atoms with Gasteiger partial charge in [-0.3, -0.25) is 37.3 Å². The topological polar surface area (TPSA) is 508 Å². The van der Waals surface area contributed by atoms with Gasteiger partial charge in [0.1, 0.15) is 33.5 Å². The highest BCUT2D eigenvalue weighted by molar-refractivity contribution is 14.0. The summed E-state index contributed by atoms with van der Waals surface area (Å²) in [6.07, 6.45) is 33.3. The number of nitro benzene ring substituents is 2. The molecule has 0 spiro atoms. The molecule has 0 aliphatic heterocycles. The lowest BCUT2D eigenvalue weighted by Crippen LogP contribution is -2.42. The molecule has 794 valence electrons. The zero-order chi connectivity index (χ0) is 104. The Kier molecular flexibility index (Phi) is 46.2. The Balaban J connectivity index is 0.000000215. The Bertz CT molecular complexity index is 6370. The van der Waals surface area contributed by atoms with Crippen LogP contribution in [0.3, 0.4) is 0 Å². The van der Waals surface area contributed by atoms with Crippen LogP contribution < -0.4 is 39.5 Å². The first-order valence-corrected chi connectivity index (χ1v) is 53.3. The number of fused-ring (bicyclic) bond motifs is 5. The van der Waals surface area contributed by atoms with Gasteiger partial charge in [-0.25, -0.2) is 24.4 Å². The van der Waals surface area contributed by atoms with E-state index in [0.29, 0.717) is 52.5 Å². The number of thioether (sulfide) groups is 1. The molecule has 146 heavy (non-hydrogen) atoms. The Labute approximate surface area is 891 Å². The van der Waals surface area contributed by atoms with Crippen LogP contribution in [-0.2, 0) is 14.2 Å². The number of nitro groups is 2. The number of hydrazine groups is 1. The molecular formula is C109H155IN20O12S4. The monoisotopic (exact) mass is 2190 g/mol. The first-order valence-electron chi connectivity index (χ1n) is 49.5. The predicted octanol–water partition coefficient (Wildman–Crippen LogP) is 25.3. The number of ether oxygens (including phenoxy) is 3. The second kappa shape index (κ2) is 56.2. The molecule has 5 aliphatic rings. The molecule has 18 rings (SSSR count). The SMILES string of the molecule is C.CCO.CN(C(=O)OC(C)(C)C)C1CCCC(c2c[nH]c3ccc(N)cc23)C1.CN(C(=O)OC(C)(C)C)C1CCCC(c2c[nH]c3ccc(N=C(N)c4cccs4)cc23)C1.CN(C(=O)OC(C)(C)C)C1CCCC(c2c[nH]c3ccc([N+](=O)[O-])cc23)C1.CNC1CCCC(c2c[nH]c3ccc(N=C(N)c4cccs4)cc23)C1.CNC1CCCC(c2c[nH]c3ccc([N+](=O)[O-])cc23)C1.CSC(=N)c1cccs1.I.NN.O. The number of non-ortho nitro benzene ring substituents is 2. The Morgan fingerprint density at radius 3 is 1.02 bits per heavy atom. The minimum absolute atomic E-state index is 0. The number of benzene rings is 5. The molecule has 5 saturated carbocycles. The van der Waals surface area contributed by atoms with Crippen LogP contribution in [0.5, 0.6) is 0 Å². The molecule has 10 atom stereocenters. The zero-order valence-corrected chi connectivity index (χ0v) is 92.1. The highest BCUT2D eigenvalue weighted by Crippen LogP contribution is 2.46. The van der Waals surface area contributed by atoms with Crippen molar-refractivity contribution in [1.29, 1.82) is 5.41 Å². The number of carbonyl (C=O) groups excluding carboxylic acids is 3. The summed E-state index contributed by atoms with van der Waals surface area (Å²) < 4.78 is 16.6. The smallest absolute Gasteiger partial charge is 0.410 e. The van der Waals surface area contributed by atoms with Gasteiger partial charge in [0.15, 0.2) is 0 Å². The number of aromatic amines is 5. The molecule has 8 aromatic heterocycles. The number of rotatable bonds is 17. The number of aromatic nitrogens is 5. The Morgan fingerprint density at radius 2 is 0.740 bits per heavy atom. The zero-order valence-electron chi connectivity index (χ0n) is 86.5. The molecular weight excluding hydrogens is 2040 g/mol. The number of halogens is 1. The number of hydrogen-bond acceptors (Lipinski definition) is 23. The third kappa shape index (κ3) is 33.4. The maximum atomic E-state index is 12.6. The number of aliphatic hydroxyl groups is 1. The van der Waals surface area contributed by atoms with E-state index >= 15 is 0 Å². The van der Waals surface area contributed by atoms with Gasteiger partial charge in [0.05, 0.1) is 35.9 Å². The standard InChI is InChI=1S/C25H32N4O2S.C20H24N4S.C20H27N3O4.C20H29N3O2.C15H19N3O2.C6H7NS2.C2H6O.CH4.HI.H4N2.H2O/c1-25(2,3)31-24(30)29(4)18-8-5-7-16(13-18)20-15-27-21-11-10-17(14-19(20)21)28-23(26)22-9-6-12-32-22;1-22-14-5-2-4-13(10-14)17-12-23-18-8-7-15(11-16(17)18)24-20(21)19-6-3-9-25-19;1-20(2,3)27-19(24)22(4)14-7-5-6-13(10-14)17-12-21-18-9-8-15(23(25)26)11-16(17)18;1-20(2,3)25-19(24)23(4)15-7-5-6-13(10-15)17-12-22-18-9-8-14(21)11-16(17)18;1-16-11-4-2-3-10(7-11)14-9-17-15-6-5-12(18(19)20)8-13(14)15;1-8-6(7)5-3-2-4-9-5;1-2-3;;;1-2;/h6,9-12,14-16,18,27H,5,7-8,13H2,1-4H3,(H2,26,28);3,6-9,11-14,22-23H,2,4-5,10H2,1H3,(H2,21,24);8-9,11-14,21H,5-7,10H2,1-4H3;8-9,11-13,15,22H,5-7,10,21H2,1-4H3;5-6,8-11,16-17H,2-4,7H2,1H3;2-4,7H,1H3;3H,2H2,1H3;1H4;1H;1-2H2;1H2. The number of nitrogen functional groups attached to an aromatic ring is 1. The van der Waals surface area contributed by atoms with Gasteiger partial charge < -0.3 is 92.2 Å². The second-order valence-electron chi connectivity index (χ2n) is 40.3. The fourth-order valence-electron chi connectivity index (χ4n) is 19.8. The fourth-order valence-corrected chi connectivity index (χ4v) is 22.3. The summed E-state index contributed by atoms with van der Waals surface area (Å²) >= 11 is 6.29. The van der Waals surface area contributed by atoms with Gasteiger partial charge in [0.2, 0.25) is 0 Å². The second-order valence-corrected chi connectivity index (χ2v) is 43.9. The first-order chi connectivity index (χ1) is 68.3. The summed E-state index contributed by atoms with van der Waals surface area (Å²) in [5, 5.41) is 56.0. The van der Waals surface area contributed by atoms with Crippen LogP contribution >= 0.6 is 69.7 Å². The maximum absolute atomic E-state index is 12.6. The fraction of sp³-hybridized carbons (Fsp3) is 0.468. The van der Waals surface area contributed by atoms with Gasteiger partial charge in [-0.15, -0.1) is 69.7 Å². The number of nitrogens with two attached hydrogens (primary N) is 5. The molecule has 21 N–H and O–H groups in total.